The molecule has 0 bridgehead atoms. The van der Waals surface area contributed by atoms with E-state index in [0.717, 1.165) is 68.6 Å². The molecule has 13 aromatic rings. The topological polar surface area (TPSA) is 365 Å². The Balaban J connectivity index is 0.532. The second-order valence-corrected chi connectivity index (χ2v) is 31.1. The second kappa shape index (κ2) is 30.9. The van der Waals surface area contributed by atoms with Crippen molar-refractivity contribution in [1.29, 1.82) is 10.5 Å². The molecule has 9 aromatic heterocycles. The molecule has 0 aliphatic carbocycles. The van der Waals surface area contributed by atoms with Gasteiger partial charge in [0.05, 0.1) is 97.3 Å². The predicted octanol–water partition coefficient (Wildman–Crippen LogP) is 9.76. The van der Waals surface area contributed by atoms with Crippen LogP contribution in [0.15, 0.2) is 133 Å². The van der Waals surface area contributed by atoms with Crippen molar-refractivity contribution in [3.63, 3.8) is 0 Å². The maximum atomic E-state index is 15.2. The van der Waals surface area contributed by atoms with Crippen molar-refractivity contribution in [2.45, 2.75) is 77.7 Å². The first-order chi connectivity index (χ1) is 54.7. The lowest BCUT2D eigenvalue weighted by Gasteiger charge is -2.35. The van der Waals surface area contributed by atoms with E-state index in [1.165, 1.54) is 45.0 Å². The van der Waals surface area contributed by atoms with Gasteiger partial charge in [-0.25, -0.2) is 24.9 Å². The molecular formula is C79H73N19O12S3. The predicted molar refractivity (Wildman–Crippen MR) is 421 cm³/mol. The van der Waals surface area contributed by atoms with Gasteiger partial charge in [0.25, 0.3) is 23.6 Å². The Kier molecular flexibility index (Phi) is 20.3. The molecule has 7 amide bonds. The van der Waals surface area contributed by atoms with Crippen LogP contribution in [0, 0.1) is 35.0 Å². The van der Waals surface area contributed by atoms with Gasteiger partial charge in [0, 0.05) is 70.5 Å². The van der Waals surface area contributed by atoms with Crippen molar-refractivity contribution >= 4 is 134 Å². The average molecular weight is 1580 g/mol. The summed E-state index contributed by atoms with van der Waals surface area (Å²) >= 11 is 4.48. The number of aromatic nitrogens is 9. The van der Waals surface area contributed by atoms with Crippen LogP contribution in [0.4, 0.5) is 17.3 Å². The number of carbonyl (C=O) groups excluding carboxylic acids is 7. The Morgan fingerprint density at radius 2 is 1.33 bits per heavy atom. The first-order valence-electron chi connectivity index (χ1n) is 36.3. The summed E-state index contributed by atoms with van der Waals surface area (Å²) in [5.41, 5.74) is 10.6. The van der Waals surface area contributed by atoms with Gasteiger partial charge < -0.3 is 50.4 Å². The van der Waals surface area contributed by atoms with Crippen molar-refractivity contribution in [3.8, 4) is 56.9 Å². The smallest absolute Gasteiger partial charge is 0.276 e. The number of ether oxygens (including phenoxy) is 4. The summed E-state index contributed by atoms with van der Waals surface area (Å²) in [5, 5.41) is 34.8. The lowest BCUT2D eigenvalue weighted by Crippen LogP contribution is -2.58. The molecule has 113 heavy (non-hydrogen) atoms. The van der Waals surface area contributed by atoms with Crippen molar-refractivity contribution in [1.82, 2.24) is 68.0 Å². The third kappa shape index (κ3) is 14.4. The zero-order valence-corrected chi connectivity index (χ0v) is 64.3. The molecule has 1 unspecified atom stereocenters. The van der Waals surface area contributed by atoms with Gasteiger partial charge in [-0.3, -0.25) is 60.9 Å². The maximum absolute atomic E-state index is 15.2. The van der Waals surface area contributed by atoms with E-state index in [-0.39, 0.29) is 83.1 Å². The van der Waals surface area contributed by atoms with Crippen molar-refractivity contribution in [2.24, 2.45) is 5.41 Å². The highest BCUT2D eigenvalue weighted by molar-refractivity contribution is 7.24. The van der Waals surface area contributed by atoms with Crippen LogP contribution >= 0.6 is 34.0 Å². The van der Waals surface area contributed by atoms with Gasteiger partial charge in [0.1, 0.15) is 101 Å². The zero-order chi connectivity index (χ0) is 78.5. The third-order valence-electron chi connectivity index (χ3n) is 19.9. The highest BCUT2D eigenvalue weighted by Crippen LogP contribution is 2.40. The molecule has 34 heteroatoms. The molecule has 5 N–H and O–H groups in total. The number of likely N-dealkylation sites (tertiary alicyclic amines) is 1. The summed E-state index contributed by atoms with van der Waals surface area (Å²) in [7, 11) is 3.62. The number of carbonyl (C=O) groups is 7. The first-order valence-corrected chi connectivity index (χ1v) is 38.9. The number of imidazole rings is 4. The highest BCUT2D eigenvalue weighted by Gasteiger charge is 2.51. The van der Waals surface area contributed by atoms with E-state index in [0.29, 0.717) is 67.4 Å². The molecule has 4 aromatic carbocycles. The fraction of sp³-hybridized carbons (Fsp3) is 0.291. The fourth-order valence-electron chi connectivity index (χ4n) is 14.4. The van der Waals surface area contributed by atoms with Crippen LogP contribution in [0.25, 0.3) is 74.9 Å². The number of benzene rings is 4. The Labute approximate surface area is 656 Å². The quantitative estimate of drug-likeness (QED) is 0.0236. The van der Waals surface area contributed by atoms with Gasteiger partial charge in [-0.15, -0.1) is 11.3 Å². The lowest BCUT2D eigenvalue weighted by atomic mass is 9.85. The number of nitriles is 2. The van der Waals surface area contributed by atoms with Crippen LogP contribution in [0.5, 0.6) is 11.5 Å². The number of pyridine rings is 2. The zero-order valence-electron chi connectivity index (χ0n) is 61.9. The number of rotatable bonds is 27. The van der Waals surface area contributed by atoms with Gasteiger partial charge in [-0.1, -0.05) is 73.8 Å². The SMILES string of the molecule is CNc1c(-c2cn3c(n2)sc2cc(OCCOCCNc4cccc5c4C(=O)N(C4CCC(=O)N(O[C@H]6C[C@H](C(=O)NCc7ccc(-c8scnc8C)cc7)N(C(=O)[C@H](NC(=O)COCCOc7ccc8c(c7)sc7nc(-c9nc%10cc(C#N)ccn%10c9NC)cn78)C(C)(C)C)C6)C4=O)C5=O)ccc23)nc2cc(C#N)ccn12. The Bertz CT molecular complexity index is 6070. The second-order valence-electron chi connectivity index (χ2n) is 28.2. The van der Waals surface area contributed by atoms with E-state index < -0.39 is 77.6 Å². The summed E-state index contributed by atoms with van der Waals surface area (Å²) in [6.45, 7) is 7.50. The van der Waals surface area contributed by atoms with E-state index >= 15 is 4.79 Å². The van der Waals surface area contributed by atoms with Crippen molar-refractivity contribution in [3.05, 3.63) is 167 Å². The molecule has 574 valence electrons. The van der Waals surface area contributed by atoms with Crippen LogP contribution in [-0.4, -0.2) is 190 Å². The number of fused-ring (bicyclic) bond motifs is 9. The summed E-state index contributed by atoms with van der Waals surface area (Å²) in [4.78, 5) is 136. The number of nitrogens with zero attached hydrogens (tertiary/aromatic N) is 14. The number of hydrogen-bond donors (Lipinski definition) is 5. The summed E-state index contributed by atoms with van der Waals surface area (Å²) in [5.74, 6) is -2.36. The number of piperidine rings is 1. The Hall–Kier alpha value is -12.7. The van der Waals surface area contributed by atoms with Gasteiger partial charge >= 0.3 is 0 Å². The normalized spacial score (nSPS) is 16.1. The molecule has 2 fully saturated rings. The van der Waals surface area contributed by atoms with Gasteiger partial charge in [-0.05, 0) is 103 Å². The van der Waals surface area contributed by atoms with E-state index in [4.69, 9.17) is 43.7 Å². The van der Waals surface area contributed by atoms with Crippen LogP contribution in [-0.2, 0) is 44.8 Å². The summed E-state index contributed by atoms with van der Waals surface area (Å²) in [6, 6.07) is 31.1. The minimum atomic E-state index is -1.45. The minimum absolute atomic E-state index is 0.00658. The van der Waals surface area contributed by atoms with Crippen LogP contribution in [0.1, 0.15) is 83.1 Å². The third-order valence-corrected chi connectivity index (χ3v) is 23.0. The van der Waals surface area contributed by atoms with E-state index in [2.05, 4.69) is 43.7 Å². The van der Waals surface area contributed by atoms with Crippen molar-refractivity contribution < 1.29 is 57.3 Å². The molecule has 3 aliphatic rings. The first kappa shape index (κ1) is 74.4. The molecule has 16 rings (SSSR count). The number of nitrogens with one attached hydrogen (secondary N) is 5. The number of amides is 7. The minimum Gasteiger partial charge on any atom is -0.491 e. The number of thiazole rings is 3. The van der Waals surface area contributed by atoms with Gasteiger partial charge in [0.2, 0.25) is 17.7 Å². The maximum Gasteiger partial charge on any atom is 0.276 e. The average Bonchev–Trinajstić information content (AvgIpc) is 1.61. The van der Waals surface area contributed by atoms with E-state index in [9.17, 15) is 39.3 Å². The van der Waals surface area contributed by atoms with E-state index in [1.54, 1.807) is 82.1 Å². The fourth-order valence-corrected chi connectivity index (χ4v) is 17.3. The standard InChI is InChI=1S/C79H73N19O12S3/c1-43-68(111-42-86-43)47-12-10-44(11-13-47)37-85-72(101)58-32-50(38-94(58)76(105)69(79(2,3)4)91-63(99)41-107-27-29-109-49-15-17-56-60(34-49)113-78-88-54(40-96(56)78)67-71(83-6)93-24-21-46(36-81)31-62(93)90-67)110-98-64(100)19-18-57(74(98)103)97-73(102)51-8-7-9-52(65(51)75(97)104)84-22-25-106-26-28-108-48-14-16-55-59(33-48)112-77-87-53(39-95(55)77)66-70(82-5)92-23-20-45(35-80)30-61(92)89-66/h7-17,20-21,23-24,30-31,33-34,39-40,42,50,57-58,69,82-84H,18-19,22,25-29,32,37-38,41H2,1-6H3,(H,85,101)(H,91,99)/t50-,57?,58+,69-/m0/s1. The van der Waals surface area contributed by atoms with Crippen LogP contribution < -0.4 is 36.1 Å². The van der Waals surface area contributed by atoms with Crippen LogP contribution in [0.2, 0.25) is 0 Å². The van der Waals surface area contributed by atoms with Gasteiger partial charge in [-0.2, -0.15) is 15.6 Å². The lowest BCUT2D eigenvalue weighted by molar-refractivity contribution is -0.215. The Morgan fingerprint density at radius 3 is 1.91 bits per heavy atom. The number of anilines is 3. The highest BCUT2D eigenvalue weighted by atomic mass is 32.1. The van der Waals surface area contributed by atoms with Gasteiger partial charge in [0.15, 0.2) is 9.92 Å². The number of hydroxylamine groups is 2. The Morgan fingerprint density at radius 1 is 0.708 bits per heavy atom. The molecule has 0 saturated carbocycles. The molecule has 12 heterocycles. The number of aryl methyl sites for hydroxylation is 1. The molecular weight excluding hydrogens is 1500 g/mol. The molecule has 2 saturated heterocycles. The van der Waals surface area contributed by atoms with Crippen molar-refractivity contribution in [2.75, 3.05) is 82.8 Å². The molecule has 3 aliphatic heterocycles. The monoisotopic (exact) mass is 1580 g/mol. The van der Waals surface area contributed by atoms with E-state index in [1.807, 2.05) is 105 Å². The largest absolute Gasteiger partial charge is 0.491 e. The summed E-state index contributed by atoms with van der Waals surface area (Å²) in [6.07, 6.45) is 5.62. The molecule has 31 nitrogen and oxygen atoms in total. The molecule has 0 radical (unpaired) electrons. The number of hydrogen-bond acceptors (Lipinski definition) is 25. The molecule has 4 atom stereocenters. The number of imide groups is 2. The summed E-state index contributed by atoms with van der Waals surface area (Å²) < 4.78 is 33.4. The van der Waals surface area contributed by atoms with Crippen LogP contribution in [0.3, 0.4) is 0 Å². The molecule has 0 spiro atoms.